The normalized spacial score (nSPS) is 12.6. The molecule has 0 aliphatic carbocycles. The van der Waals surface area contributed by atoms with Crippen LogP contribution in [-0.4, -0.2) is 42.2 Å². The Morgan fingerprint density at radius 2 is 1.96 bits per heavy atom. The summed E-state index contributed by atoms with van der Waals surface area (Å²) >= 11 is 0. The van der Waals surface area contributed by atoms with Crippen molar-refractivity contribution in [3.8, 4) is 11.6 Å². The summed E-state index contributed by atoms with van der Waals surface area (Å²) in [6.07, 6.45) is -1.19. The third kappa shape index (κ3) is 5.35. The number of carbonyl (C=O) groups excluding carboxylic acids is 1. The zero-order valence-corrected chi connectivity index (χ0v) is 15.4. The number of ether oxygens (including phenoxy) is 1. The number of benzene rings is 1. The van der Waals surface area contributed by atoms with Crippen LogP contribution in [0.4, 0.5) is 13.2 Å². The molecule has 0 saturated heterocycles. The molecule has 10 heteroatoms. The minimum atomic E-state index is -4.39. The Morgan fingerprint density at radius 3 is 2.54 bits per heavy atom. The molecule has 0 unspecified atom stereocenters. The third-order valence-electron chi connectivity index (χ3n) is 3.64. The van der Waals surface area contributed by atoms with Crippen molar-refractivity contribution in [2.24, 2.45) is 5.16 Å². The SMILES string of the molecule is CNC(=O)C(=N/OC)/C(C)=C\COc1ccn(-c2ccc(C(F)(F)F)cc2)n1. The molecule has 0 aliphatic rings. The van der Waals surface area contributed by atoms with Gasteiger partial charge >= 0.3 is 6.18 Å². The van der Waals surface area contributed by atoms with Crippen LogP contribution in [0.15, 0.2) is 53.3 Å². The van der Waals surface area contributed by atoms with Crippen LogP contribution in [0.2, 0.25) is 0 Å². The second kappa shape index (κ2) is 9.07. The van der Waals surface area contributed by atoms with Gasteiger partial charge < -0.3 is 14.9 Å². The number of hydrogen-bond donors (Lipinski definition) is 1. The number of oxime groups is 1. The highest BCUT2D eigenvalue weighted by atomic mass is 19.4. The maximum Gasteiger partial charge on any atom is 0.416 e. The van der Waals surface area contributed by atoms with Gasteiger partial charge in [-0.05, 0) is 42.8 Å². The molecule has 0 spiro atoms. The lowest BCUT2D eigenvalue weighted by Crippen LogP contribution is -2.28. The molecule has 28 heavy (non-hydrogen) atoms. The van der Waals surface area contributed by atoms with Crippen LogP contribution in [0.5, 0.6) is 5.88 Å². The number of aromatic nitrogens is 2. The summed E-state index contributed by atoms with van der Waals surface area (Å²) in [5.41, 5.74) is 0.390. The van der Waals surface area contributed by atoms with E-state index in [2.05, 4.69) is 20.4 Å². The molecule has 0 fully saturated rings. The molecule has 1 heterocycles. The van der Waals surface area contributed by atoms with E-state index in [1.54, 1.807) is 25.3 Å². The molecule has 2 aromatic rings. The van der Waals surface area contributed by atoms with Crippen LogP contribution < -0.4 is 10.1 Å². The number of amides is 1. The molecule has 0 aliphatic heterocycles. The highest BCUT2D eigenvalue weighted by Crippen LogP contribution is 2.29. The minimum Gasteiger partial charge on any atom is -0.472 e. The van der Waals surface area contributed by atoms with Crippen molar-refractivity contribution in [3.63, 3.8) is 0 Å². The second-order valence-corrected chi connectivity index (χ2v) is 5.54. The molecule has 1 aromatic heterocycles. The molecule has 2 rings (SSSR count). The number of halogens is 3. The van der Waals surface area contributed by atoms with E-state index in [9.17, 15) is 18.0 Å². The second-order valence-electron chi connectivity index (χ2n) is 5.54. The predicted molar refractivity (Wildman–Crippen MR) is 96.3 cm³/mol. The van der Waals surface area contributed by atoms with Gasteiger partial charge in [-0.3, -0.25) is 4.79 Å². The van der Waals surface area contributed by atoms with Gasteiger partial charge in [0.2, 0.25) is 5.88 Å². The molecule has 1 N–H and O–H groups in total. The standard InChI is InChI=1S/C18H19F3N4O3/c1-12(16(24-27-3)17(26)22-2)9-11-28-15-8-10-25(23-15)14-6-4-13(5-7-14)18(19,20)21/h4-10H,11H2,1-3H3,(H,22,26)/b12-9-,24-16+. The molecule has 0 radical (unpaired) electrons. The number of hydrogen-bond acceptors (Lipinski definition) is 5. The van der Waals surface area contributed by atoms with Gasteiger partial charge in [0.15, 0.2) is 5.71 Å². The highest BCUT2D eigenvalue weighted by Gasteiger charge is 2.30. The summed E-state index contributed by atoms with van der Waals surface area (Å²) in [6, 6.07) is 6.18. The van der Waals surface area contributed by atoms with Crippen LogP contribution in [0.1, 0.15) is 12.5 Å². The Balaban J connectivity index is 2.03. The molecule has 0 saturated carbocycles. The molecule has 7 nitrogen and oxygen atoms in total. The van der Waals surface area contributed by atoms with Gasteiger partial charge in [0.25, 0.3) is 5.91 Å². The Hall–Kier alpha value is -3.30. The zero-order valence-electron chi connectivity index (χ0n) is 15.4. The van der Waals surface area contributed by atoms with E-state index in [4.69, 9.17) is 4.74 Å². The summed E-state index contributed by atoms with van der Waals surface area (Å²) < 4.78 is 44.7. The molecule has 1 aromatic carbocycles. The molecule has 150 valence electrons. The van der Waals surface area contributed by atoms with E-state index in [0.29, 0.717) is 11.3 Å². The van der Waals surface area contributed by atoms with E-state index < -0.39 is 17.6 Å². The number of rotatable bonds is 7. The van der Waals surface area contributed by atoms with E-state index >= 15 is 0 Å². The number of nitrogens with zero attached hydrogens (tertiary/aromatic N) is 3. The first-order valence-corrected chi connectivity index (χ1v) is 8.12. The lowest BCUT2D eigenvalue weighted by Gasteiger charge is -2.07. The van der Waals surface area contributed by atoms with Gasteiger partial charge in [-0.25, -0.2) is 4.68 Å². The van der Waals surface area contributed by atoms with E-state index in [0.717, 1.165) is 12.1 Å². The first kappa shape index (κ1) is 21.0. The van der Waals surface area contributed by atoms with Gasteiger partial charge in [0.05, 0.1) is 11.3 Å². The Labute approximate surface area is 159 Å². The van der Waals surface area contributed by atoms with Gasteiger partial charge in [-0.2, -0.15) is 13.2 Å². The highest BCUT2D eigenvalue weighted by molar-refractivity contribution is 6.44. The van der Waals surface area contributed by atoms with Crippen LogP contribution in [0, 0.1) is 0 Å². The molecule has 0 atom stereocenters. The van der Waals surface area contributed by atoms with E-state index in [-0.39, 0.29) is 18.2 Å². The Kier molecular flexibility index (Phi) is 6.80. The van der Waals surface area contributed by atoms with Gasteiger partial charge in [-0.1, -0.05) is 5.16 Å². The van der Waals surface area contributed by atoms with Crippen molar-refractivity contribution in [2.45, 2.75) is 13.1 Å². The summed E-state index contributed by atoms with van der Waals surface area (Å²) in [6.45, 7) is 1.78. The summed E-state index contributed by atoms with van der Waals surface area (Å²) in [5, 5.41) is 10.3. The Morgan fingerprint density at radius 1 is 1.29 bits per heavy atom. The Bertz CT molecular complexity index is 871. The van der Waals surface area contributed by atoms with E-state index in [1.165, 1.54) is 31.0 Å². The van der Waals surface area contributed by atoms with Gasteiger partial charge in [0, 0.05) is 19.3 Å². The molecular formula is C18H19F3N4O3. The average molecular weight is 396 g/mol. The van der Waals surface area contributed by atoms with Crippen LogP contribution in [0.3, 0.4) is 0 Å². The fourth-order valence-corrected chi connectivity index (χ4v) is 2.18. The quantitative estimate of drug-likeness (QED) is 0.577. The first-order valence-electron chi connectivity index (χ1n) is 8.12. The van der Waals surface area contributed by atoms with Crippen LogP contribution in [0.25, 0.3) is 5.69 Å². The molecule has 0 bridgehead atoms. The number of nitrogens with one attached hydrogen (secondary N) is 1. The maximum absolute atomic E-state index is 12.6. The molecule has 1 amide bonds. The lowest BCUT2D eigenvalue weighted by atomic mass is 10.1. The summed E-state index contributed by atoms with van der Waals surface area (Å²) in [5.74, 6) is -0.128. The van der Waals surface area contributed by atoms with Crippen LogP contribution in [-0.2, 0) is 15.8 Å². The molecular weight excluding hydrogens is 377 g/mol. The van der Waals surface area contributed by atoms with E-state index in [1.807, 2.05) is 0 Å². The van der Waals surface area contributed by atoms with Crippen molar-refractivity contribution in [2.75, 3.05) is 20.8 Å². The zero-order chi connectivity index (χ0) is 20.7. The van der Waals surface area contributed by atoms with Gasteiger partial charge in [0.1, 0.15) is 13.7 Å². The van der Waals surface area contributed by atoms with Crippen molar-refractivity contribution in [1.82, 2.24) is 15.1 Å². The fourth-order valence-electron chi connectivity index (χ4n) is 2.18. The number of alkyl halides is 3. The summed E-state index contributed by atoms with van der Waals surface area (Å²) in [4.78, 5) is 16.4. The fraction of sp³-hybridized carbons (Fsp3) is 0.278. The predicted octanol–water partition coefficient (Wildman–Crippen LogP) is 2.96. The average Bonchev–Trinajstić information content (AvgIpc) is 3.13. The van der Waals surface area contributed by atoms with Crippen molar-refractivity contribution < 1.29 is 27.5 Å². The minimum absolute atomic E-state index is 0.107. The topological polar surface area (TPSA) is 77.7 Å². The third-order valence-corrected chi connectivity index (χ3v) is 3.64. The summed E-state index contributed by atoms with van der Waals surface area (Å²) in [7, 11) is 2.81. The first-order chi connectivity index (χ1) is 13.3. The monoisotopic (exact) mass is 396 g/mol. The van der Waals surface area contributed by atoms with Crippen molar-refractivity contribution >= 4 is 11.6 Å². The van der Waals surface area contributed by atoms with Crippen molar-refractivity contribution in [1.29, 1.82) is 0 Å². The van der Waals surface area contributed by atoms with Crippen LogP contribution >= 0.6 is 0 Å². The lowest BCUT2D eigenvalue weighted by molar-refractivity contribution is -0.137. The number of carbonyl (C=O) groups is 1. The maximum atomic E-state index is 12.6. The smallest absolute Gasteiger partial charge is 0.416 e. The largest absolute Gasteiger partial charge is 0.472 e. The van der Waals surface area contributed by atoms with Gasteiger partial charge in [-0.15, -0.1) is 5.10 Å². The van der Waals surface area contributed by atoms with Crippen molar-refractivity contribution in [3.05, 3.63) is 53.7 Å².